The number of hydrogen-bond donors (Lipinski definition) is 2. The summed E-state index contributed by atoms with van der Waals surface area (Å²) in [7, 11) is 0. The average Bonchev–Trinajstić information content (AvgIpc) is 3.35. The Bertz CT molecular complexity index is 1450. The van der Waals surface area contributed by atoms with Crippen molar-refractivity contribution in [3.05, 3.63) is 100 Å². The number of allylic oxidation sites excluding steroid dienone is 3. The Balaban J connectivity index is 1.59. The molecule has 2 heterocycles. The number of ketones is 1. The van der Waals surface area contributed by atoms with Gasteiger partial charge in [-0.2, -0.15) is 5.26 Å². The summed E-state index contributed by atoms with van der Waals surface area (Å²) in [5.74, 6) is 0.250. The molecule has 1 amide bonds. The maximum absolute atomic E-state index is 13.6. The van der Waals surface area contributed by atoms with Gasteiger partial charge in [-0.05, 0) is 62.6 Å². The number of rotatable bonds is 4. The summed E-state index contributed by atoms with van der Waals surface area (Å²) >= 11 is 0. The van der Waals surface area contributed by atoms with Gasteiger partial charge >= 0.3 is 0 Å². The first-order valence-electron chi connectivity index (χ1n) is 11.7. The van der Waals surface area contributed by atoms with Gasteiger partial charge in [0, 0.05) is 34.6 Å². The van der Waals surface area contributed by atoms with Gasteiger partial charge < -0.3 is 15.1 Å². The second kappa shape index (κ2) is 9.11. The van der Waals surface area contributed by atoms with Crippen LogP contribution in [0.15, 0.2) is 87.6 Å². The minimum atomic E-state index is -0.615. The highest BCUT2D eigenvalue weighted by molar-refractivity contribution is 6.09. The molecular weight excluding hydrogens is 438 g/mol. The number of benzene rings is 2. The number of Topliss-reactive ketones (excluding diaryl/α,β-unsaturated/α-hetero) is 1. The number of nitrogens with zero attached hydrogens (tertiary/aromatic N) is 1. The lowest BCUT2D eigenvalue weighted by Gasteiger charge is -2.33. The third kappa shape index (κ3) is 4.17. The van der Waals surface area contributed by atoms with E-state index in [9.17, 15) is 14.9 Å². The molecule has 5 rings (SSSR count). The summed E-state index contributed by atoms with van der Waals surface area (Å²) in [4.78, 5) is 26.8. The lowest BCUT2D eigenvalue weighted by atomic mass is 9.77. The van der Waals surface area contributed by atoms with Crippen molar-refractivity contribution >= 4 is 17.4 Å². The van der Waals surface area contributed by atoms with E-state index in [1.165, 1.54) is 0 Å². The first-order valence-corrected chi connectivity index (χ1v) is 11.7. The molecule has 2 aromatic carbocycles. The number of furan rings is 1. The molecule has 0 radical (unpaired) electrons. The van der Waals surface area contributed by atoms with Gasteiger partial charge in [0.05, 0.1) is 23.1 Å². The Kier molecular flexibility index (Phi) is 5.84. The van der Waals surface area contributed by atoms with Crippen LogP contribution in [-0.2, 0) is 9.59 Å². The number of carbonyl (C=O) groups excluding carboxylic acids is 2. The lowest BCUT2D eigenvalue weighted by molar-refractivity contribution is -0.116. The van der Waals surface area contributed by atoms with Crippen LogP contribution >= 0.6 is 0 Å². The fourth-order valence-electron chi connectivity index (χ4n) is 4.88. The van der Waals surface area contributed by atoms with E-state index in [1.54, 1.807) is 18.2 Å². The van der Waals surface area contributed by atoms with E-state index in [4.69, 9.17) is 4.42 Å². The quantitative estimate of drug-likeness (QED) is 0.515. The zero-order chi connectivity index (χ0) is 24.5. The number of carbonyl (C=O) groups is 2. The summed E-state index contributed by atoms with van der Waals surface area (Å²) in [6.07, 6.45) is 1.97. The normalized spacial score (nSPS) is 17.5. The van der Waals surface area contributed by atoms with E-state index in [2.05, 4.69) is 16.7 Å². The van der Waals surface area contributed by atoms with Crippen molar-refractivity contribution in [1.29, 1.82) is 5.26 Å². The number of hydrogen-bond acceptors (Lipinski definition) is 5. The van der Waals surface area contributed by atoms with Crippen LogP contribution in [-0.4, -0.2) is 11.7 Å². The topological polar surface area (TPSA) is 95.1 Å². The van der Waals surface area contributed by atoms with E-state index in [0.29, 0.717) is 40.3 Å². The summed E-state index contributed by atoms with van der Waals surface area (Å²) in [5, 5.41) is 15.6. The van der Waals surface area contributed by atoms with Gasteiger partial charge in [0.15, 0.2) is 5.78 Å². The van der Waals surface area contributed by atoms with E-state index < -0.39 is 5.92 Å². The van der Waals surface area contributed by atoms with Crippen LogP contribution in [0.3, 0.4) is 0 Å². The molecule has 2 aliphatic rings. The highest BCUT2D eigenvalue weighted by Gasteiger charge is 2.40. The molecule has 2 N–H and O–H groups in total. The number of amides is 1. The van der Waals surface area contributed by atoms with E-state index >= 15 is 0 Å². The van der Waals surface area contributed by atoms with Crippen molar-refractivity contribution in [2.24, 2.45) is 0 Å². The molecule has 35 heavy (non-hydrogen) atoms. The molecule has 1 aromatic heterocycles. The van der Waals surface area contributed by atoms with Gasteiger partial charge in [-0.3, -0.25) is 9.59 Å². The molecule has 0 bridgehead atoms. The molecule has 174 valence electrons. The van der Waals surface area contributed by atoms with E-state index in [1.807, 2.05) is 56.3 Å². The third-order valence-corrected chi connectivity index (χ3v) is 6.60. The molecule has 0 fully saturated rings. The molecule has 3 aromatic rings. The second-order valence-electron chi connectivity index (χ2n) is 8.93. The summed E-state index contributed by atoms with van der Waals surface area (Å²) in [6.45, 7) is 3.80. The first-order chi connectivity index (χ1) is 17.0. The Morgan fingerprint density at radius 3 is 2.71 bits per heavy atom. The van der Waals surface area contributed by atoms with Crippen molar-refractivity contribution in [2.75, 3.05) is 5.32 Å². The van der Waals surface area contributed by atoms with Crippen molar-refractivity contribution in [3.63, 3.8) is 0 Å². The smallest absolute Gasteiger partial charge is 0.254 e. The van der Waals surface area contributed by atoms with Crippen molar-refractivity contribution in [1.82, 2.24) is 5.32 Å². The van der Waals surface area contributed by atoms with Crippen LogP contribution < -0.4 is 10.6 Å². The molecule has 0 saturated carbocycles. The molecule has 0 spiro atoms. The van der Waals surface area contributed by atoms with Gasteiger partial charge in [0.25, 0.3) is 5.91 Å². The second-order valence-corrected chi connectivity index (χ2v) is 8.93. The molecule has 1 atom stereocenters. The first kappa shape index (κ1) is 22.4. The zero-order valence-corrected chi connectivity index (χ0v) is 19.6. The summed E-state index contributed by atoms with van der Waals surface area (Å²) in [5.41, 5.74) is 5.60. The van der Waals surface area contributed by atoms with Crippen LogP contribution in [0.25, 0.3) is 11.3 Å². The minimum Gasteiger partial charge on any atom is -0.460 e. The van der Waals surface area contributed by atoms with Gasteiger partial charge in [0.1, 0.15) is 11.5 Å². The predicted molar refractivity (Wildman–Crippen MR) is 133 cm³/mol. The highest BCUT2D eigenvalue weighted by atomic mass is 16.3. The van der Waals surface area contributed by atoms with Crippen LogP contribution in [0.1, 0.15) is 49.0 Å². The standard InChI is InChI=1S/C29H25N3O3/c1-17-7-3-4-10-21(17)32-29(34)26-18(2)31-22-11-6-12-23(33)27(22)28(26)25-14-13-24(35-25)20-9-5-8-19(15-20)16-30/h3-5,7-10,13-15,28,31H,6,11-12H2,1-2H3,(H,32,34). The molecule has 6 nitrogen and oxygen atoms in total. The lowest BCUT2D eigenvalue weighted by Crippen LogP contribution is -2.35. The minimum absolute atomic E-state index is 0.0295. The number of dihydropyridines is 1. The number of anilines is 1. The van der Waals surface area contributed by atoms with Crippen molar-refractivity contribution in [3.8, 4) is 17.4 Å². The zero-order valence-electron chi connectivity index (χ0n) is 19.6. The van der Waals surface area contributed by atoms with Crippen LogP contribution in [0.4, 0.5) is 5.69 Å². The van der Waals surface area contributed by atoms with Crippen molar-refractivity contribution < 1.29 is 14.0 Å². The SMILES string of the molecule is CC1=C(C(=O)Nc2ccccc2C)C(c2ccc(-c3cccc(C#N)c3)o2)C2=C(CCCC2=O)N1. The van der Waals surface area contributed by atoms with E-state index in [0.717, 1.165) is 35.4 Å². The predicted octanol–water partition coefficient (Wildman–Crippen LogP) is 5.73. The molecule has 1 aliphatic heterocycles. The van der Waals surface area contributed by atoms with Gasteiger partial charge in [-0.25, -0.2) is 0 Å². The van der Waals surface area contributed by atoms with Gasteiger partial charge in [-0.1, -0.05) is 30.3 Å². The highest BCUT2D eigenvalue weighted by Crippen LogP contribution is 2.43. The van der Waals surface area contributed by atoms with Gasteiger partial charge in [-0.15, -0.1) is 0 Å². The Labute approximate surface area is 204 Å². The molecule has 6 heteroatoms. The summed E-state index contributed by atoms with van der Waals surface area (Å²) in [6, 6.07) is 20.6. The van der Waals surface area contributed by atoms with Crippen LogP contribution in [0.5, 0.6) is 0 Å². The Hall–Kier alpha value is -4.37. The number of nitriles is 1. The Morgan fingerprint density at radius 1 is 1.09 bits per heavy atom. The Morgan fingerprint density at radius 2 is 1.91 bits per heavy atom. The summed E-state index contributed by atoms with van der Waals surface area (Å²) < 4.78 is 6.27. The molecular formula is C29H25N3O3. The fraction of sp³-hybridized carbons (Fsp3) is 0.207. The fourth-order valence-corrected chi connectivity index (χ4v) is 4.88. The molecule has 1 aliphatic carbocycles. The monoisotopic (exact) mass is 463 g/mol. The van der Waals surface area contributed by atoms with Crippen LogP contribution in [0.2, 0.25) is 0 Å². The largest absolute Gasteiger partial charge is 0.460 e. The number of aryl methyl sites for hydroxylation is 1. The number of para-hydroxylation sites is 1. The maximum Gasteiger partial charge on any atom is 0.254 e. The van der Waals surface area contributed by atoms with Crippen molar-refractivity contribution in [2.45, 2.75) is 39.0 Å². The third-order valence-electron chi connectivity index (χ3n) is 6.60. The van der Waals surface area contributed by atoms with Crippen LogP contribution in [0, 0.1) is 18.3 Å². The number of nitrogens with one attached hydrogen (secondary N) is 2. The molecule has 0 saturated heterocycles. The average molecular weight is 464 g/mol. The van der Waals surface area contributed by atoms with Gasteiger partial charge in [0.2, 0.25) is 0 Å². The van der Waals surface area contributed by atoms with E-state index in [-0.39, 0.29) is 11.7 Å². The maximum atomic E-state index is 13.6. The molecule has 1 unspecified atom stereocenters.